The Hall–Kier alpha value is -1.08. The van der Waals surface area contributed by atoms with Crippen molar-refractivity contribution >= 4 is 17.7 Å². The largest absolute Gasteiger partial charge is 0.385 e. The number of carbonyl (C=O) groups is 1. The molecule has 1 heterocycles. The number of nitrogens with one attached hydrogen (secondary N) is 1. The Morgan fingerprint density at radius 1 is 1.63 bits per heavy atom. The van der Waals surface area contributed by atoms with Gasteiger partial charge in [0.1, 0.15) is 6.33 Å². The lowest BCUT2D eigenvalue weighted by Crippen LogP contribution is -2.31. The van der Waals surface area contributed by atoms with Crippen LogP contribution in [0.5, 0.6) is 0 Å². The Kier molecular flexibility index (Phi) is 7.50. The summed E-state index contributed by atoms with van der Waals surface area (Å²) >= 11 is 1.43. The zero-order valence-electron chi connectivity index (χ0n) is 11.8. The maximum Gasteiger partial charge on any atom is 0.233 e. The van der Waals surface area contributed by atoms with Crippen molar-refractivity contribution in [2.75, 3.05) is 20.3 Å². The van der Waals surface area contributed by atoms with Crippen molar-refractivity contribution in [2.45, 2.75) is 43.6 Å². The molecule has 6 nitrogen and oxygen atoms in total. The molecule has 0 aliphatic carbocycles. The summed E-state index contributed by atoms with van der Waals surface area (Å²) in [6.07, 6.45) is 3.53. The molecular weight excluding hydrogens is 264 g/mol. The van der Waals surface area contributed by atoms with Gasteiger partial charge in [-0.15, -0.1) is 10.2 Å². The second-order valence-corrected chi connectivity index (χ2v) is 5.51. The number of methoxy groups -OCH3 is 1. The number of nitrogens with zero attached hydrogens (tertiary/aromatic N) is 3. The van der Waals surface area contributed by atoms with Gasteiger partial charge in [0.25, 0.3) is 0 Å². The number of rotatable bonds is 9. The van der Waals surface area contributed by atoms with Crippen molar-refractivity contribution in [1.29, 1.82) is 0 Å². The summed E-state index contributed by atoms with van der Waals surface area (Å²) < 4.78 is 6.97. The van der Waals surface area contributed by atoms with E-state index < -0.39 is 0 Å². The van der Waals surface area contributed by atoms with E-state index in [9.17, 15) is 4.79 Å². The molecule has 0 aromatic carbocycles. The highest BCUT2D eigenvalue weighted by atomic mass is 32.2. The maximum absolute atomic E-state index is 11.8. The van der Waals surface area contributed by atoms with Gasteiger partial charge in [-0.05, 0) is 19.8 Å². The Morgan fingerprint density at radius 2 is 2.42 bits per heavy atom. The first-order valence-corrected chi connectivity index (χ1v) is 7.38. The first kappa shape index (κ1) is 16.0. The van der Waals surface area contributed by atoms with Crippen molar-refractivity contribution < 1.29 is 9.53 Å². The third-order valence-corrected chi connectivity index (χ3v) is 3.62. The number of aromatic nitrogens is 3. The SMILES string of the molecule is CCCNC(=O)C(C)Sc1nncn1CCCOC. The van der Waals surface area contributed by atoms with Crippen LogP contribution in [0.4, 0.5) is 0 Å². The highest BCUT2D eigenvalue weighted by molar-refractivity contribution is 8.00. The predicted octanol–water partition coefficient (Wildman–Crippen LogP) is 1.32. The minimum Gasteiger partial charge on any atom is -0.385 e. The summed E-state index contributed by atoms with van der Waals surface area (Å²) in [7, 11) is 1.68. The van der Waals surface area contributed by atoms with Gasteiger partial charge in [0.2, 0.25) is 5.91 Å². The van der Waals surface area contributed by atoms with E-state index in [-0.39, 0.29) is 11.2 Å². The molecule has 1 amide bonds. The minimum atomic E-state index is -0.170. The molecule has 0 spiro atoms. The molecule has 0 radical (unpaired) electrons. The second-order valence-electron chi connectivity index (χ2n) is 4.20. The average Bonchev–Trinajstić information content (AvgIpc) is 2.83. The molecule has 108 valence electrons. The van der Waals surface area contributed by atoms with Gasteiger partial charge in [-0.3, -0.25) is 4.79 Å². The molecule has 1 N–H and O–H groups in total. The number of hydrogen-bond acceptors (Lipinski definition) is 5. The zero-order valence-corrected chi connectivity index (χ0v) is 12.6. The van der Waals surface area contributed by atoms with Gasteiger partial charge >= 0.3 is 0 Å². The van der Waals surface area contributed by atoms with Crippen molar-refractivity contribution in [3.05, 3.63) is 6.33 Å². The first-order chi connectivity index (χ1) is 9.19. The van der Waals surface area contributed by atoms with Gasteiger partial charge in [0, 0.05) is 26.8 Å². The van der Waals surface area contributed by atoms with E-state index >= 15 is 0 Å². The normalized spacial score (nSPS) is 12.4. The van der Waals surface area contributed by atoms with Crippen LogP contribution >= 0.6 is 11.8 Å². The molecule has 1 atom stereocenters. The number of amides is 1. The molecule has 7 heteroatoms. The summed E-state index contributed by atoms with van der Waals surface area (Å²) in [6, 6.07) is 0. The van der Waals surface area contributed by atoms with Gasteiger partial charge in [0.05, 0.1) is 5.25 Å². The molecule has 1 aromatic heterocycles. The fourth-order valence-corrected chi connectivity index (χ4v) is 2.35. The van der Waals surface area contributed by atoms with Crippen molar-refractivity contribution in [3.8, 4) is 0 Å². The number of hydrogen-bond donors (Lipinski definition) is 1. The zero-order chi connectivity index (χ0) is 14.1. The van der Waals surface area contributed by atoms with E-state index in [2.05, 4.69) is 15.5 Å². The van der Waals surface area contributed by atoms with Gasteiger partial charge in [-0.1, -0.05) is 18.7 Å². The van der Waals surface area contributed by atoms with Crippen LogP contribution in [0.2, 0.25) is 0 Å². The topological polar surface area (TPSA) is 69.0 Å². The molecule has 0 bridgehead atoms. The highest BCUT2D eigenvalue weighted by Crippen LogP contribution is 2.21. The second kappa shape index (κ2) is 8.92. The molecule has 0 aliphatic heterocycles. The quantitative estimate of drug-likeness (QED) is 0.548. The predicted molar refractivity (Wildman–Crippen MR) is 75.1 cm³/mol. The lowest BCUT2D eigenvalue weighted by atomic mass is 10.4. The van der Waals surface area contributed by atoms with E-state index in [1.54, 1.807) is 13.4 Å². The molecule has 0 aliphatic rings. The fraction of sp³-hybridized carbons (Fsp3) is 0.750. The molecule has 1 rings (SSSR count). The van der Waals surface area contributed by atoms with E-state index in [0.29, 0.717) is 13.2 Å². The van der Waals surface area contributed by atoms with Gasteiger partial charge in [-0.2, -0.15) is 0 Å². The van der Waals surface area contributed by atoms with Gasteiger partial charge < -0.3 is 14.6 Å². The van der Waals surface area contributed by atoms with E-state index in [4.69, 9.17) is 4.74 Å². The summed E-state index contributed by atoms with van der Waals surface area (Å²) in [4.78, 5) is 11.8. The lowest BCUT2D eigenvalue weighted by Gasteiger charge is -2.11. The molecule has 19 heavy (non-hydrogen) atoms. The first-order valence-electron chi connectivity index (χ1n) is 6.50. The number of carbonyl (C=O) groups excluding carboxylic acids is 1. The van der Waals surface area contributed by atoms with Crippen LogP contribution in [-0.4, -0.2) is 46.2 Å². The Balaban J connectivity index is 2.47. The highest BCUT2D eigenvalue weighted by Gasteiger charge is 2.17. The van der Waals surface area contributed by atoms with Crippen LogP contribution in [0.25, 0.3) is 0 Å². The lowest BCUT2D eigenvalue weighted by molar-refractivity contribution is -0.120. The molecule has 0 saturated heterocycles. The third kappa shape index (κ3) is 5.61. The average molecular weight is 286 g/mol. The van der Waals surface area contributed by atoms with Crippen LogP contribution in [-0.2, 0) is 16.1 Å². The number of aryl methyl sites for hydroxylation is 1. The molecule has 1 aromatic rings. The minimum absolute atomic E-state index is 0.0401. The molecular formula is C12H22N4O2S. The molecule has 1 unspecified atom stereocenters. The van der Waals surface area contributed by atoms with Crippen molar-refractivity contribution in [2.24, 2.45) is 0 Å². The number of thioether (sulfide) groups is 1. The van der Waals surface area contributed by atoms with Crippen LogP contribution in [0.15, 0.2) is 11.5 Å². The van der Waals surface area contributed by atoms with Gasteiger partial charge in [-0.25, -0.2) is 0 Å². The monoisotopic (exact) mass is 286 g/mol. The van der Waals surface area contributed by atoms with Crippen molar-refractivity contribution in [3.63, 3.8) is 0 Å². The summed E-state index contributed by atoms with van der Waals surface area (Å²) in [6.45, 7) is 6.12. The van der Waals surface area contributed by atoms with Crippen LogP contribution < -0.4 is 5.32 Å². The van der Waals surface area contributed by atoms with Gasteiger partial charge in [0.15, 0.2) is 5.16 Å². The van der Waals surface area contributed by atoms with Crippen LogP contribution in [0.3, 0.4) is 0 Å². The van der Waals surface area contributed by atoms with Crippen molar-refractivity contribution in [1.82, 2.24) is 20.1 Å². The summed E-state index contributed by atoms with van der Waals surface area (Å²) in [5, 5.41) is 11.4. The maximum atomic E-state index is 11.8. The standard InChI is InChI=1S/C12H22N4O2S/c1-4-6-13-11(17)10(2)19-12-15-14-9-16(12)7-5-8-18-3/h9-10H,4-8H2,1-3H3,(H,13,17). The Bertz CT molecular complexity index is 384. The smallest absolute Gasteiger partial charge is 0.233 e. The van der Waals surface area contributed by atoms with E-state index in [1.807, 2.05) is 18.4 Å². The summed E-state index contributed by atoms with van der Waals surface area (Å²) in [5.74, 6) is 0.0401. The van der Waals surface area contributed by atoms with E-state index in [0.717, 1.165) is 24.5 Å². The Morgan fingerprint density at radius 3 is 3.11 bits per heavy atom. The number of ether oxygens (including phenoxy) is 1. The van der Waals surface area contributed by atoms with Crippen LogP contribution in [0, 0.1) is 0 Å². The Labute approximate surface area is 118 Å². The molecule has 0 fully saturated rings. The third-order valence-electron chi connectivity index (χ3n) is 2.53. The van der Waals surface area contributed by atoms with E-state index in [1.165, 1.54) is 11.8 Å². The molecule has 0 saturated carbocycles. The summed E-state index contributed by atoms with van der Waals surface area (Å²) in [5.41, 5.74) is 0. The fourth-order valence-electron chi connectivity index (χ4n) is 1.47. The van der Waals surface area contributed by atoms with Crippen LogP contribution in [0.1, 0.15) is 26.7 Å².